The first-order chi connectivity index (χ1) is 7.16. The minimum atomic E-state index is 0.236. The Morgan fingerprint density at radius 1 is 1.13 bits per heavy atom. The number of nitrogens with zero attached hydrogens (tertiary/aromatic N) is 2. The first-order valence-corrected chi connectivity index (χ1v) is 4.56. The van der Waals surface area contributed by atoms with Crippen molar-refractivity contribution < 1.29 is 5.11 Å². The van der Waals surface area contributed by atoms with Crippen LogP contribution in [0, 0.1) is 6.92 Å². The SMILES string of the molecule is Cc1cc(N)nnc1-c1ccc(O)cc1. The molecule has 0 saturated carbocycles. The van der Waals surface area contributed by atoms with Crippen LogP contribution in [0.25, 0.3) is 11.3 Å². The maximum absolute atomic E-state index is 9.16. The van der Waals surface area contributed by atoms with Gasteiger partial charge < -0.3 is 10.8 Å². The summed E-state index contributed by atoms with van der Waals surface area (Å²) in [5.74, 6) is 0.648. The van der Waals surface area contributed by atoms with E-state index in [-0.39, 0.29) is 5.75 Å². The fraction of sp³-hybridized carbons (Fsp3) is 0.0909. The molecule has 0 spiro atoms. The molecule has 0 saturated heterocycles. The Morgan fingerprint density at radius 3 is 2.40 bits per heavy atom. The number of rotatable bonds is 1. The lowest BCUT2D eigenvalue weighted by molar-refractivity contribution is 0.475. The van der Waals surface area contributed by atoms with Crippen molar-refractivity contribution in [1.82, 2.24) is 10.2 Å². The van der Waals surface area contributed by atoms with Gasteiger partial charge in [-0.2, -0.15) is 0 Å². The average Bonchev–Trinajstić information content (AvgIpc) is 2.20. The highest BCUT2D eigenvalue weighted by molar-refractivity contribution is 5.64. The molecule has 0 bridgehead atoms. The van der Waals surface area contributed by atoms with Gasteiger partial charge in [-0.25, -0.2) is 0 Å². The highest BCUT2D eigenvalue weighted by Gasteiger charge is 2.04. The zero-order chi connectivity index (χ0) is 10.8. The first kappa shape index (κ1) is 9.45. The summed E-state index contributed by atoms with van der Waals surface area (Å²) in [6.07, 6.45) is 0. The van der Waals surface area contributed by atoms with Gasteiger partial charge in [0.05, 0.1) is 5.69 Å². The molecule has 2 rings (SSSR count). The van der Waals surface area contributed by atoms with Crippen LogP contribution in [-0.2, 0) is 0 Å². The molecular weight excluding hydrogens is 190 g/mol. The lowest BCUT2D eigenvalue weighted by atomic mass is 10.1. The summed E-state index contributed by atoms with van der Waals surface area (Å²) in [4.78, 5) is 0. The molecule has 0 amide bonds. The molecule has 15 heavy (non-hydrogen) atoms. The molecule has 1 heterocycles. The van der Waals surface area contributed by atoms with Gasteiger partial charge in [0.2, 0.25) is 0 Å². The monoisotopic (exact) mass is 201 g/mol. The summed E-state index contributed by atoms with van der Waals surface area (Å²) in [6, 6.07) is 8.60. The lowest BCUT2D eigenvalue weighted by Gasteiger charge is -2.04. The number of hydrogen-bond donors (Lipinski definition) is 2. The number of phenolic OH excluding ortho intramolecular Hbond substituents is 1. The third-order valence-electron chi connectivity index (χ3n) is 2.14. The van der Waals surface area contributed by atoms with Crippen molar-refractivity contribution in [3.63, 3.8) is 0 Å². The molecule has 0 aliphatic carbocycles. The predicted octanol–water partition coefficient (Wildman–Crippen LogP) is 1.74. The molecule has 76 valence electrons. The van der Waals surface area contributed by atoms with E-state index >= 15 is 0 Å². The summed E-state index contributed by atoms with van der Waals surface area (Å²) in [7, 11) is 0. The second-order valence-corrected chi connectivity index (χ2v) is 3.35. The smallest absolute Gasteiger partial charge is 0.146 e. The number of phenols is 1. The molecule has 0 fully saturated rings. The van der Waals surface area contributed by atoms with Crippen molar-refractivity contribution in [3.8, 4) is 17.0 Å². The van der Waals surface area contributed by atoms with Gasteiger partial charge in [0.1, 0.15) is 11.6 Å². The van der Waals surface area contributed by atoms with E-state index < -0.39 is 0 Å². The summed E-state index contributed by atoms with van der Waals surface area (Å²) >= 11 is 0. The molecule has 1 aromatic heterocycles. The van der Waals surface area contributed by atoms with Gasteiger partial charge in [-0.1, -0.05) is 0 Å². The molecule has 4 heteroatoms. The minimum absolute atomic E-state index is 0.236. The molecule has 2 aromatic rings. The zero-order valence-corrected chi connectivity index (χ0v) is 8.31. The first-order valence-electron chi connectivity index (χ1n) is 4.56. The van der Waals surface area contributed by atoms with Gasteiger partial charge >= 0.3 is 0 Å². The Kier molecular flexibility index (Phi) is 2.25. The molecule has 0 unspecified atom stereocenters. The van der Waals surface area contributed by atoms with Crippen LogP contribution < -0.4 is 5.73 Å². The Hall–Kier alpha value is -2.10. The molecule has 0 atom stereocenters. The van der Waals surface area contributed by atoms with E-state index in [2.05, 4.69) is 10.2 Å². The van der Waals surface area contributed by atoms with E-state index in [4.69, 9.17) is 10.8 Å². The zero-order valence-electron chi connectivity index (χ0n) is 8.31. The standard InChI is InChI=1S/C11H11N3O/c1-7-6-10(12)13-14-11(7)8-2-4-9(15)5-3-8/h2-6,15H,1H3,(H2,12,13). The largest absolute Gasteiger partial charge is 0.508 e. The van der Waals surface area contributed by atoms with Gasteiger partial charge in [0.25, 0.3) is 0 Å². The Labute approximate surface area is 87.4 Å². The van der Waals surface area contributed by atoms with Crippen molar-refractivity contribution in [1.29, 1.82) is 0 Å². The fourth-order valence-corrected chi connectivity index (χ4v) is 1.41. The van der Waals surface area contributed by atoms with Crippen molar-refractivity contribution in [2.45, 2.75) is 6.92 Å². The van der Waals surface area contributed by atoms with Crippen LogP contribution >= 0.6 is 0 Å². The van der Waals surface area contributed by atoms with Crippen molar-refractivity contribution in [2.75, 3.05) is 5.73 Å². The van der Waals surface area contributed by atoms with E-state index in [1.165, 1.54) is 0 Å². The second-order valence-electron chi connectivity index (χ2n) is 3.35. The van der Waals surface area contributed by atoms with Crippen molar-refractivity contribution in [2.24, 2.45) is 0 Å². The van der Waals surface area contributed by atoms with Crippen LogP contribution in [-0.4, -0.2) is 15.3 Å². The average molecular weight is 201 g/mol. The van der Waals surface area contributed by atoms with Gasteiger partial charge in [-0.3, -0.25) is 0 Å². The number of aromatic nitrogens is 2. The number of nitrogen functional groups attached to an aromatic ring is 1. The highest BCUT2D eigenvalue weighted by atomic mass is 16.3. The maximum atomic E-state index is 9.16. The number of nitrogens with two attached hydrogens (primary N) is 1. The Balaban J connectivity index is 2.49. The van der Waals surface area contributed by atoms with E-state index in [9.17, 15) is 0 Å². The van der Waals surface area contributed by atoms with E-state index in [1.807, 2.05) is 6.92 Å². The maximum Gasteiger partial charge on any atom is 0.146 e. The summed E-state index contributed by atoms with van der Waals surface area (Å²) in [6.45, 7) is 1.92. The lowest BCUT2D eigenvalue weighted by Crippen LogP contribution is -1.97. The predicted molar refractivity (Wildman–Crippen MR) is 58.3 cm³/mol. The Bertz CT molecular complexity index is 480. The van der Waals surface area contributed by atoms with Gasteiger partial charge in [0.15, 0.2) is 0 Å². The molecule has 0 radical (unpaired) electrons. The van der Waals surface area contributed by atoms with E-state index in [1.54, 1.807) is 30.3 Å². The van der Waals surface area contributed by atoms with Crippen LogP contribution in [0.2, 0.25) is 0 Å². The van der Waals surface area contributed by atoms with Gasteiger partial charge in [0, 0.05) is 5.56 Å². The third-order valence-corrected chi connectivity index (χ3v) is 2.14. The molecule has 0 aliphatic heterocycles. The van der Waals surface area contributed by atoms with Crippen molar-refractivity contribution >= 4 is 5.82 Å². The second kappa shape index (κ2) is 3.57. The van der Waals surface area contributed by atoms with Crippen LogP contribution in [0.3, 0.4) is 0 Å². The van der Waals surface area contributed by atoms with Gasteiger partial charge in [-0.15, -0.1) is 10.2 Å². The quantitative estimate of drug-likeness (QED) is 0.737. The van der Waals surface area contributed by atoms with Crippen LogP contribution in [0.15, 0.2) is 30.3 Å². The van der Waals surface area contributed by atoms with E-state index in [0.29, 0.717) is 5.82 Å². The van der Waals surface area contributed by atoms with Crippen LogP contribution in [0.1, 0.15) is 5.56 Å². The van der Waals surface area contributed by atoms with Crippen LogP contribution in [0.4, 0.5) is 5.82 Å². The molecular formula is C11H11N3O. The molecule has 1 aromatic carbocycles. The molecule has 3 N–H and O–H groups in total. The topological polar surface area (TPSA) is 72.0 Å². The molecule has 4 nitrogen and oxygen atoms in total. The van der Waals surface area contributed by atoms with E-state index in [0.717, 1.165) is 16.8 Å². The van der Waals surface area contributed by atoms with Crippen molar-refractivity contribution in [3.05, 3.63) is 35.9 Å². The summed E-state index contributed by atoms with van der Waals surface area (Å²) in [5.41, 5.74) is 8.18. The number of anilines is 1. The minimum Gasteiger partial charge on any atom is -0.508 e. The summed E-state index contributed by atoms with van der Waals surface area (Å²) < 4.78 is 0. The van der Waals surface area contributed by atoms with Crippen LogP contribution in [0.5, 0.6) is 5.75 Å². The molecule has 0 aliphatic rings. The number of hydrogen-bond acceptors (Lipinski definition) is 4. The third kappa shape index (κ3) is 1.88. The summed E-state index contributed by atoms with van der Waals surface area (Å²) in [5, 5.41) is 17.0. The number of benzene rings is 1. The van der Waals surface area contributed by atoms with Gasteiger partial charge in [-0.05, 0) is 42.8 Å². The Morgan fingerprint density at radius 2 is 1.80 bits per heavy atom. The number of aryl methyl sites for hydroxylation is 1. The normalized spacial score (nSPS) is 10.2. The fourth-order valence-electron chi connectivity index (χ4n) is 1.41. The number of aromatic hydroxyl groups is 1. The highest BCUT2D eigenvalue weighted by Crippen LogP contribution is 2.22.